The largest absolute Gasteiger partial charge is 0.512 e. The van der Waals surface area contributed by atoms with Gasteiger partial charge >= 0.3 is 0 Å². The number of nitrogens with zero attached hydrogens (tertiary/aromatic N) is 1. The van der Waals surface area contributed by atoms with E-state index in [1.807, 2.05) is 30.5 Å². The van der Waals surface area contributed by atoms with Gasteiger partial charge in [-0.3, -0.25) is 4.79 Å². The molecule has 1 aliphatic rings. The van der Waals surface area contributed by atoms with Gasteiger partial charge in [0.25, 0.3) is 0 Å². The van der Waals surface area contributed by atoms with E-state index in [-0.39, 0.29) is 31.6 Å². The van der Waals surface area contributed by atoms with E-state index < -0.39 is 0 Å². The molecule has 2 atom stereocenters. The molecule has 2 aromatic carbocycles. The first-order chi connectivity index (χ1) is 15.8. The molecule has 0 fully saturated rings. The molecular weight excluding hydrogens is 603 g/mol. The second kappa shape index (κ2) is 10.7. The molecule has 1 aliphatic carbocycles. The van der Waals surface area contributed by atoms with Crippen LogP contribution in [0.15, 0.2) is 58.8 Å². The Morgan fingerprint density at radius 1 is 1.15 bits per heavy atom. The zero-order valence-corrected chi connectivity index (χ0v) is 22.6. The van der Waals surface area contributed by atoms with Gasteiger partial charge in [-0.1, -0.05) is 13.8 Å². The molecule has 34 heavy (non-hydrogen) atoms. The third-order valence-electron chi connectivity index (χ3n) is 6.36. The van der Waals surface area contributed by atoms with Crippen molar-refractivity contribution in [2.24, 2.45) is 0 Å². The summed E-state index contributed by atoms with van der Waals surface area (Å²) in [5.74, 6) is 1.11. The molecule has 5 rings (SSSR count). The van der Waals surface area contributed by atoms with Crippen LogP contribution in [-0.4, -0.2) is 15.9 Å². The van der Waals surface area contributed by atoms with Gasteiger partial charge in [-0.2, -0.15) is 0 Å². The molecular formula is C29H30IrNO3-. The van der Waals surface area contributed by atoms with E-state index in [0.29, 0.717) is 11.8 Å². The van der Waals surface area contributed by atoms with Gasteiger partial charge in [-0.25, -0.2) is 0 Å². The number of benzene rings is 2. The summed E-state index contributed by atoms with van der Waals surface area (Å²) >= 11 is 0. The molecule has 0 aliphatic heterocycles. The van der Waals surface area contributed by atoms with Crippen LogP contribution in [0.2, 0.25) is 0 Å². The molecule has 1 radical (unpaired) electrons. The van der Waals surface area contributed by atoms with E-state index in [0.717, 1.165) is 22.4 Å². The minimum atomic E-state index is -0.125. The molecule has 2 heterocycles. The van der Waals surface area contributed by atoms with Crippen LogP contribution in [0.25, 0.3) is 33.2 Å². The van der Waals surface area contributed by atoms with Crippen LogP contribution in [0.5, 0.6) is 0 Å². The van der Waals surface area contributed by atoms with Crippen LogP contribution in [-0.2, 0) is 24.9 Å². The summed E-state index contributed by atoms with van der Waals surface area (Å²) in [4.78, 5) is 14.6. The van der Waals surface area contributed by atoms with Gasteiger partial charge in [0.05, 0.1) is 5.76 Å². The number of aromatic nitrogens is 1. The van der Waals surface area contributed by atoms with E-state index in [9.17, 15) is 4.79 Å². The third-order valence-corrected chi connectivity index (χ3v) is 6.36. The van der Waals surface area contributed by atoms with Crippen molar-refractivity contribution < 1.29 is 34.4 Å². The summed E-state index contributed by atoms with van der Waals surface area (Å²) in [6.45, 7) is 9.79. The maximum Gasteiger partial charge on any atom is 0.155 e. The summed E-state index contributed by atoms with van der Waals surface area (Å²) in [5.41, 5.74) is 8.10. The van der Waals surface area contributed by atoms with Crippen LogP contribution in [0.4, 0.5) is 0 Å². The standard InChI is InChI=1S/C24H22NO.C5H8O2.Ir/c1-14-9-10-15(2)21-20(14)16(3)13-19-22(21)18-11-12-25-23(24(18)26-19)17-7-5-4-6-8-17;1-4(6)3-5(2)7;/h4-7,11-15H,9-10H2,1-3H3;3,6H,1-2H3;/q-1;;/b;4-3-;. The summed E-state index contributed by atoms with van der Waals surface area (Å²) < 4.78 is 6.39. The quantitative estimate of drug-likeness (QED) is 0.139. The first-order valence-corrected chi connectivity index (χ1v) is 11.5. The van der Waals surface area contributed by atoms with Crippen molar-refractivity contribution in [3.63, 3.8) is 0 Å². The van der Waals surface area contributed by atoms with Crippen molar-refractivity contribution in [3.8, 4) is 11.3 Å². The molecule has 5 heteroatoms. The number of furan rings is 1. The summed E-state index contributed by atoms with van der Waals surface area (Å²) in [5, 5.41) is 10.8. The van der Waals surface area contributed by atoms with Gasteiger partial charge in [0, 0.05) is 48.8 Å². The number of allylic oxidation sites excluding steroid dienone is 2. The number of rotatable bonds is 2. The number of pyridine rings is 1. The van der Waals surface area contributed by atoms with Gasteiger partial charge in [-0.15, -0.1) is 35.9 Å². The molecule has 4 nitrogen and oxygen atoms in total. The molecule has 0 amide bonds. The van der Waals surface area contributed by atoms with Crippen molar-refractivity contribution in [2.75, 3.05) is 0 Å². The first-order valence-electron chi connectivity index (χ1n) is 11.5. The van der Waals surface area contributed by atoms with E-state index in [1.54, 1.807) is 0 Å². The SMILES string of the molecule is CC(=O)/C=C(/C)O.Cc1cc2oc3c(-c4[c-]cccc4)nccc3c2c2c1C(C)CCC2C.[Ir]. The Bertz CT molecular complexity index is 1350. The normalized spacial score (nSPS) is 17.5. The fourth-order valence-electron chi connectivity index (χ4n) is 5.02. The second-order valence-corrected chi connectivity index (χ2v) is 9.08. The molecule has 1 N–H and O–H groups in total. The molecule has 0 saturated heterocycles. The second-order valence-electron chi connectivity index (χ2n) is 9.08. The minimum Gasteiger partial charge on any atom is -0.512 e. The Balaban J connectivity index is 0.000000357. The summed E-state index contributed by atoms with van der Waals surface area (Å²) in [6.07, 6.45) is 5.57. The fourth-order valence-corrected chi connectivity index (χ4v) is 5.02. The van der Waals surface area contributed by atoms with Crippen LogP contribution in [0.1, 0.15) is 69.1 Å². The van der Waals surface area contributed by atoms with Crippen LogP contribution in [0, 0.1) is 13.0 Å². The van der Waals surface area contributed by atoms with Crippen molar-refractivity contribution in [1.82, 2.24) is 4.98 Å². The summed E-state index contributed by atoms with van der Waals surface area (Å²) in [7, 11) is 0. The van der Waals surface area contributed by atoms with Crippen molar-refractivity contribution >= 4 is 27.7 Å². The number of aliphatic hydroxyl groups excluding tert-OH is 1. The number of hydrogen-bond donors (Lipinski definition) is 1. The zero-order chi connectivity index (χ0) is 23.7. The Morgan fingerprint density at radius 2 is 1.85 bits per heavy atom. The van der Waals surface area contributed by atoms with Gasteiger partial charge in [0.2, 0.25) is 0 Å². The van der Waals surface area contributed by atoms with E-state index in [2.05, 4.69) is 44.0 Å². The van der Waals surface area contributed by atoms with E-state index >= 15 is 0 Å². The molecule has 0 saturated carbocycles. The number of carbonyl (C=O) groups excluding carboxylic acids is 1. The average Bonchev–Trinajstić information content (AvgIpc) is 3.14. The van der Waals surface area contributed by atoms with Crippen LogP contribution < -0.4 is 0 Å². The molecule has 2 unspecified atom stereocenters. The van der Waals surface area contributed by atoms with Crippen LogP contribution >= 0.6 is 0 Å². The predicted molar refractivity (Wildman–Crippen MR) is 134 cm³/mol. The third kappa shape index (κ3) is 5.01. The molecule has 0 bridgehead atoms. The maximum atomic E-state index is 10.0. The first kappa shape index (κ1) is 25.9. The van der Waals surface area contributed by atoms with E-state index in [4.69, 9.17) is 9.52 Å². The number of carbonyl (C=O) groups is 1. The predicted octanol–water partition coefficient (Wildman–Crippen LogP) is 7.79. The Kier molecular flexibility index (Phi) is 8.12. The van der Waals surface area contributed by atoms with Gasteiger partial charge in [0.15, 0.2) is 5.78 Å². The zero-order valence-electron chi connectivity index (χ0n) is 20.2. The van der Waals surface area contributed by atoms with Crippen molar-refractivity contribution in [3.05, 3.63) is 77.2 Å². The molecule has 0 spiro atoms. The topological polar surface area (TPSA) is 63.3 Å². The van der Waals surface area contributed by atoms with E-state index in [1.165, 1.54) is 60.2 Å². The fraction of sp³-hybridized carbons (Fsp3) is 0.310. The molecule has 179 valence electrons. The van der Waals surface area contributed by atoms with Gasteiger partial charge in [0.1, 0.15) is 11.2 Å². The Hall–Kier alpha value is -2.75. The monoisotopic (exact) mass is 633 g/mol. The smallest absolute Gasteiger partial charge is 0.155 e. The van der Waals surface area contributed by atoms with Gasteiger partial charge < -0.3 is 14.5 Å². The van der Waals surface area contributed by atoms with Crippen molar-refractivity contribution in [2.45, 2.75) is 59.3 Å². The number of hydrogen-bond acceptors (Lipinski definition) is 4. The van der Waals surface area contributed by atoms with Crippen molar-refractivity contribution in [1.29, 1.82) is 0 Å². The molecule has 2 aromatic heterocycles. The minimum absolute atomic E-state index is 0. The number of fused-ring (bicyclic) bond motifs is 5. The van der Waals surface area contributed by atoms with Gasteiger partial charge in [-0.05, 0) is 74.3 Å². The number of aryl methyl sites for hydroxylation is 1. The number of ketones is 1. The Labute approximate surface area is 214 Å². The Morgan fingerprint density at radius 3 is 2.44 bits per heavy atom. The average molecular weight is 633 g/mol. The van der Waals surface area contributed by atoms with Crippen LogP contribution in [0.3, 0.4) is 0 Å². The maximum absolute atomic E-state index is 10.0. The molecule has 4 aromatic rings. The summed E-state index contributed by atoms with van der Waals surface area (Å²) in [6, 6.07) is 15.6. The number of aliphatic hydroxyl groups is 1.